The fraction of sp³-hybridized carbons (Fsp3) is 0.0952. The first-order valence-corrected chi connectivity index (χ1v) is 9.50. The number of rotatable bonds is 5. The lowest BCUT2D eigenvalue weighted by atomic mass is 10.2. The summed E-state index contributed by atoms with van der Waals surface area (Å²) in [6.07, 6.45) is 0. The Labute approximate surface area is 178 Å². The van der Waals surface area contributed by atoms with Crippen LogP contribution in [0.2, 0.25) is 10.2 Å². The third-order valence-electron chi connectivity index (χ3n) is 3.94. The molecule has 0 spiro atoms. The summed E-state index contributed by atoms with van der Waals surface area (Å²) in [6.45, 7) is 2.19. The van der Waals surface area contributed by atoms with Gasteiger partial charge in [-0.25, -0.2) is 9.78 Å². The smallest absolute Gasteiger partial charge is 0.323 e. The van der Waals surface area contributed by atoms with Crippen LogP contribution in [0.25, 0.3) is 0 Å². The minimum Gasteiger partial charge on any atom is -0.347 e. The number of halogens is 2. The molecule has 2 aromatic carbocycles. The lowest BCUT2D eigenvalue weighted by Gasteiger charge is -2.10. The maximum absolute atomic E-state index is 12.3. The monoisotopic (exact) mass is 428 g/mol. The maximum Gasteiger partial charge on any atom is 0.323 e. The highest BCUT2D eigenvalue weighted by Crippen LogP contribution is 2.17. The van der Waals surface area contributed by atoms with Gasteiger partial charge in [-0.15, -0.1) is 0 Å². The van der Waals surface area contributed by atoms with Gasteiger partial charge in [-0.1, -0.05) is 47.5 Å². The molecule has 0 atom stereocenters. The number of pyridine rings is 1. The normalized spacial score (nSPS) is 10.3. The summed E-state index contributed by atoms with van der Waals surface area (Å²) in [5.74, 6) is -0.437. The van der Waals surface area contributed by atoms with Crippen molar-refractivity contribution in [2.75, 3.05) is 10.6 Å². The highest BCUT2D eigenvalue weighted by atomic mass is 35.5. The first-order valence-electron chi connectivity index (χ1n) is 8.74. The van der Waals surface area contributed by atoms with Crippen molar-refractivity contribution in [1.82, 2.24) is 10.3 Å². The van der Waals surface area contributed by atoms with Crippen LogP contribution >= 0.6 is 23.2 Å². The number of urea groups is 1. The molecular formula is C21H18Cl2N4O2. The number of aryl methyl sites for hydroxylation is 1. The zero-order chi connectivity index (χ0) is 20.8. The van der Waals surface area contributed by atoms with Crippen molar-refractivity contribution in [3.05, 3.63) is 87.7 Å². The Hall–Kier alpha value is -3.09. The highest BCUT2D eigenvalue weighted by molar-refractivity contribution is 6.34. The van der Waals surface area contributed by atoms with E-state index in [0.717, 1.165) is 11.1 Å². The molecule has 29 heavy (non-hydrogen) atoms. The van der Waals surface area contributed by atoms with Crippen LogP contribution < -0.4 is 16.0 Å². The quantitative estimate of drug-likeness (QED) is 0.483. The molecule has 8 heteroatoms. The summed E-state index contributed by atoms with van der Waals surface area (Å²) in [7, 11) is 0. The molecule has 0 aliphatic carbocycles. The van der Waals surface area contributed by atoms with Gasteiger partial charge >= 0.3 is 6.03 Å². The Kier molecular flexibility index (Phi) is 6.69. The summed E-state index contributed by atoms with van der Waals surface area (Å²) in [4.78, 5) is 28.4. The van der Waals surface area contributed by atoms with Crippen molar-refractivity contribution in [3.63, 3.8) is 0 Å². The minimum absolute atomic E-state index is 0.0611. The third kappa shape index (κ3) is 5.94. The van der Waals surface area contributed by atoms with Crippen LogP contribution in [0.1, 0.15) is 21.6 Å². The molecule has 3 aromatic rings. The summed E-state index contributed by atoms with van der Waals surface area (Å²) >= 11 is 11.8. The molecule has 6 nitrogen and oxygen atoms in total. The van der Waals surface area contributed by atoms with Crippen molar-refractivity contribution in [2.24, 2.45) is 0 Å². The van der Waals surface area contributed by atoms with E-state index in [-0.39, 0.29) is 28.4 Å². The van der Waals surface area contributed by atoms with Crippen molar-refractivity contribution in [2.45, 2.75) is 13.5 Å². The van der Waals surface area contributed by atoms with Crippen molar-refractivity contribution >= 4 is 46.5 Å². The van der Waals surface area contributed by atoms with E-state index in [1.54, 1.807) is 18.2 Å². The second-order valence-electron chi connectivity index (χ2n) is 6.30. The largest absolute Gasteiger partial charge is 0.347 e. The molecule has 1 aromatic heterocycles. The van der Waals surface area contributed by atoms with E-state index in [9.17, 15) is 9.59 Å². The van der Waals surface area contributed by atoms with Crippen LogP contribution in [-0.2, 0) is 6.54 Å². The van der Waals surface area contributed by atoms with Crippen molar-refractivity contribution in [1.29, 1.82) is 0 Å². The van der Waals surface area contributed by atoms with Crippen LogP contribution in [0, 0.1) is 6.92 Å². The van der Waals surface area contributed by atoms with Crippen molar-refractivity contribution < 1.29 is 9.59 Å². The molecule has 3 N–H and O–H groups in total. The molecule has 0 saturated heterocycles. The second kappa shape index (κ2) is 9.41. The molecule has 0 radical (unpaired) electrons. The molecular weight excluding hydrogens is 411 g/mol. The lowest BCUT2D eigenvalue weighted by molar-refractivity contribution is 0.0946. The predicted molar refractivity (Wildman–Crippen MR) is 116 cm³/mol. The van der Waals surface area contributed by atoms with E-state index in [4.69, 9.17) is 23.2 Å². The van der Waals surface area contributed by atoms with Gasteiger partial charge in [-0.2, -0.15) is 0 Å². The number of anilines is 2. The van der Waals surface area contributed by atoms with Crippen LogP contribution in [0.3, 0.4) is 0 Å². The standard InChI is InChI=1S/C21H18Cl2N4O2/c1-13-4-2-6-15(10-13)25-21(29)26-16-7-3-5-14(11-16)12-24-20(28)19-17(22)8-9-18(23)27-19/h2-11H,12H2,1H3,(H,24,28)(H2,25,26,29). The van der Waals surface area contributed by atoms with Gasteiger partial charge in [0.25, 0.3) is 5.91 Å². The first kappa shape index (κ1) is 20.6. The number of amides is 3. The fourth-order valence-corrected chi connectivity index (χ4v) is 2.96. The van der Waals surface area contributed by atoms with E-state index in [1.807, 2.05) is 37.3 Å². The third-order valence-corrected chi connectivity index (χ3v) is 4.46. The number of carbonyl (C=O) groups is 2. The molecule has 1 heterocycles. The van der Waals surface area contributed by atoms with Crippen molar-refractivity contribution in [3.8, 4) is 0 Å². The zero-order valence-corrected chi connectivity index (χ0v) is 17.0. The average Bonchev–Trinajstić information content (AvgIpc) is 2.68. The summed E-state index contributed by atoms with van der Waals surface area (Å²) < 4.78 is 0. The summed E-state index contributed by atoms with van der Waals surface area (Å²) in [6, 6.07) is 17.3. The predicted octanol–water partition coefficient (Wildman–Crippen LogP) is 5.27. The number of aromatic nitrogens is 1. The Morgan fingerprint density at radius 2 is 1.62 bits per heavy atom. The molecule has 148 valence electrons. The number of nitrogens with zero attached hydrogens (tertiary/aromatic N) is 1. The molecule has 3 amide bonds. The molecule has 0 unspecified atom stereocenters. The summed E-state index contributed by atoms with van der Waals surface area (Å²) in [5.41, 5.74) is 3.21. The van der Waals surface area contributed by atoms with Gasteiger partial charge in [0.15, 0.2) is 0 Å². The number of carbonyl (C=O) groups excluding carboxylic acids is 2. The molecule has 0 bridgehead atoms. The first-order chi connectivity index (χ1) is 13.9. The molecule has 3 rings (SSSR count). The number of nitrogens with one attached hydrogen (secondary N) is 3. The number of benzene rings is 2. The van der Waals surface area contributed by atoms with Gasteiger partial charge in [0.05, 0.1) is 5.02 Å². The number of hydrogen-bond donors (Lipinski definition) is 3. The lowest BCUT2D eigenvalue weighted by Crippen LogP contribution is -2.24. The topological polar surface area (TPSA) is 83.1 Å². The van der Waals surface area contributed by atoms with Crippen LogP contribution in [0.4, 0.5) is 16.2 Å². The zero-order valence-electron chi connectivity index (χ0n) is 15.5. The maximum atomic E-state index is 12.3. The molecule has 0 saturated carbocycles. The van der Waals surface area contributed by atoms with E-state index >= 15 is 0 Å². The Morgan fingerprint density at radius 1 is 0.931 bits per heavy atom. The van der Waals surface area contributed by atoms with Crippen LogP contribution in [-0.4, -0.2) is 16.9 Å². The van der Waals surface area contributed by atoms with Crippen LogP contribution in [0.5, 0.6) is 0 Å². The van der Waals surface area contributed by atoms with Gasteiger partial charge in [0.1, 0.15) is 10.8 Å². The highest BCUT2D eigenvalue weighted by Gasteiger charge is 2.13. The van der Waals surface area contributed by atoms with Gasteiger partial charge in [0.2, 0.25) is 0 Å². The van der Waals surface area contributed by atoms with Gasteiger partial charge in [-0.3, -0.25) is 4.79 Å². The second-order valence-corrected chi connectivity index (χ2v) is 7.09. The fourth-order valence-electron chi connectivity index (χ4n) is 2.62. The van der Waals surface area contributed by atoms with Gasteiger partial charge < -0.3 is 16.0 Å². The minimum atomic E-state index is -0.437. The van der Waals surface area contributed by atoms with Crippen LogP contribution in [0.15, 0.2) is 60.7 Å². The number of hydrogen-bond acceptors (Lipinski definition) is 3. The molecule has 0 aliphatic rings. The summed E-state index contributed by atoms with van der Waals surface area (Å²) in [5, 5.41) is 8.69. The Balaban J connectivity index is 1.60. The Bertz CT molecular complexity index is 1060. The van der Waals surface area contributed by atoms with Gasteiger partial charge in [0, 0.05) is 17.9 Å². The van der Waals surface area contributed by atoms with E-state index in [1.165, 1.54) is 12.1 Å². The Morgan fingerprint density at radius 3 is 2.34 bits per heavy atom. The average molecular weight is 429 g/mol. The van der Waals surface area contributed by atoms with Gasteiger partial charge in [-0.05, 0) is 54.4 Å². The molecule has 0 fully saturated rings. The van der Waals surface area contributed by atoms with E-state index in [2.05, 4.69) is 20.9 Å². The van der Waals surface area contributed by atoms with E-state index < -0.39 is 5.91 Å². The van der Waals surface area contributed by atoms with E-state index in [0.29, 0.717) is 11.4 Å². The molecule has 0 aliphatic heterocycles. The SMILES string of the molecule is Cc1cccc(NC(=O)Nc2cccc(CNC(=O)c3nc(Cl)ccc3Cl)c2)c1.